The number of ether oxygens (including phenoxy) is 1. The van der Waals surface area contributed by atoms with Crippen LogP contribution in [0.1, 0.15) is 37.2 Å². The van der Waals surface area contributed by atoms with Crippen molar-refractivity contribution in [1.82, 2.24) is 20.0 Å². The highest BCUT2D eigenvalue weighted by atomic mass is 16.5. The zero-order valence-electron chi connectivity index (χ0n) is 15.8. The Morgan fingerprint density at radius 2 is 2.17 bits per heavy atom. The maximum atomic E-state index is 12.1. The lowest BCUT2D eigenvalue weighted by Gasteiger charge is -2.33. The molecule has 1 saturated heterocycles. The summed E-state index contributed by atoms with van der Waals surface area (Å²) in [5.74, 6) is 0.742. The highest BCUT2D eigenvalue weighted by Gasteiger charge is 2.21. The number of nitrogens with one attached hydrogen (secondary N) is 1. The molecule has 1 aromatic rings. The second-order valence-corrected chi connectivity index (χ2v) is 7.22. The molecule has 1 aliphatic heterocycles. The van der Waals surface area contributed by atoms with Gasteiger partial charge in [0, 0.05) is 45.3 Å². The molecule has 1 unspecified atom stereocenters. The molecule has 2 heterocycles. The summed E-state index contributed by atoms with van der Waals surface area (Å²) >= 11 is 0. The average molecular weight is 336 g/mol. The number of amides is 1. The van der Waals surface area contributed by atoms with Crippen molar-refractivity contribution in [2.24, 2.45) is 13.0 Å². The van der Waals surface area contributed by atoms with E-state index in [1.54, 1.807) is 0 Å². The van der Waals surface area contributed by atoms with E-state index in [1.807, 2.05) is 25.6 Å². The molecule has 1 aromatic heterocycles. The lowest BCUT2D eigenvalue weighted by molar-refractivity contribution is -0.122. The number of aryl methyl sites for hydroxylation is 2. The van der Waals surface area contributed by atoms with Crippen molar-refractivity contribution in [1.29, 1.82) is 0 Å². The summed E-state index contributed by atoms with van der Waals surface area (Å²) in [5.41, 5.74) is 3.34. The van der Waals surface area contributed by atoms with Gasteiger partial charge in [-0.25, -0.2) is 0 Å². The van der Waals surface area contributed by atoms with Gasteiger partial charge in [0.2, 0.25) is 5.91 Å². The third kappa shape index (κ3) is 5.31. The third-order valence-electron chi connectivity index (χ3n) is 4.63. The molecule has 24 heavy (non-hydrogen) atoms. The van der Waals surface area contributed by atoms with Crippen molar-refractivity contribution in [3.8, 4) is 0 Å². The molecule has 0 aromatic carbocycles. The number of nitrogens with zero attached hydrogens (tertiary/aromatic N) is 3. The van der Waals surface area contributed by atoms with Crippen molar-refractivity contribution in [3.05, 3.63) is 17.0 Å². The van der Waals surface area contributed by atoms with E-state index >= 15 is 0 Å². The number of morpholine rings is 1. The normalized spacial score (nSPS) is 19.0. The van der Waals surface area contributed by atoms with Crippen LogP contribution in [-0.2, 0) is 23.0 Å². The van der Waals surface area contributed by atoms with E-state index in [0.29, 0.717) is 18.9 Å². The Morgan fingerprint density at radius 3 is 2.79 bits per heavy atom. The lowest BCUT2D eigenvalue weighted by atomic mass is 10.1. The molecule has 1 amide bonds. The van der Waals surface area contributed by atoms with Crippen LogP contribution in [-0.4, -0.2) is 59.5 Å². The number of carbonyl (C=O) groups is 1. The molecule has 2 rings (SSSR count). The van der Waals surface area contributed by atoms with Crippen molar-refractivity contribution >= 4 is 5.91 Å². The monoisotopic (exact) mass is 336 g/mol. The van der Waals surface area contributed by atoms with Gasteiger partial charge >= 0.3 is 0 Å². The zero-order valence-corrected chi connectivity index (χ0v) is 15.8. The van der Waals surface area contributed by atoms with Gasteiger partial charge < -0.3 is 10.1 Å². The summed E-state index contributed by atoms with van der Waals surface area (Å²) in [7, 11) is 1.94. The standard InChI is InChI=1S/C18H32N4O2/c1-13(2)11-22-8-9-24-16(12-22)10-19-18(23)7-6-17-14(3)20-21(5)15(17)4/h13,16H,6-12H2,1-5H3,(H,19,23). The lowest BCUT2D eigenvalue weighted by Crippen LogP contribution is -2.48. The Bertz CT molecular complexity index is 553. The Balaban J connectivity index is 1.73. The third-order valence-corrected chi connectivity index (χ3v) is 4.63. The quantitative estimate of drug-likeness (QED) is 0.819. The molecule has 136 valence electrons. The fourth-order valence-corrected chi connectivity index (χ4v) is 3.32. The molecule has 0 aliphatic carbocycles. The van der Waals surface area contributed by atoms with Gasteiger partial charge in [-0.3, -0.25) is 14.4 Å². The van der Waals surface area contributed by atoms with Gasteiger partial charge in [0.1, 0.15) is 0 Å². The number of hydrogen-bond donors (Lipinski definition) is 1. The summed E-state index contributed by atoms with van der Waals surface area (Å²) in [6.07, 6.45) is 1.33. The highest BCUT2D eigenvalue weighted by Crippen LogP contribution is 2.14. The second kappa shape index (κ2) is 8.62. The molecule has 6 heteroatoms. The van der Waals surface area contributed by atoms with E-state index in [-0.39, 0.29) is 12.0 Å². The summed E-state index contributed by atoms with van der Waals surface area (Å²) in [5, 5.41) is 7.42. The first-order chi connectivity index (χ1) is 11.4. The molecule has 0 spiro atoms. The number of rotatable bonds is 7. The van der Waals surface area contributed by atoms with Gasteiger partial charge in [0.05, 0.1) is 18.4 Å². The highest BCUT2D eigenvalue weighted by molar-refractivity contribution is 5.76. The number of hydrogen-bond acceptors (Lipinski definition) is 4. The molecular formula is C18H32N4O2. The average Bonchev–Trinajstić information content (AvgIpc) is 2.76. The fraction of sp³-hybridized carbons (Fsp3) is 0.778. The molecule has 6 nitrogen and oxygen atoms in total. The topological polar surface area (TPSA) is 59.4 Å². The minimum Gasteiger partial charge on any atom is -0.374 e. The van der Waals surface area contributed by atoms with Gasteiger partial charge in [-0.2, -0.15) is 5.10 Å². The van der Waals surface area contributed by atoms with Crippen molar-refractivity contribution < 1.29 is 9.53 Å². The molecule has 1 N–H and O–H groups in total. The van der Waals surface area contributed by atoms with Crippen LogP contribution in [0.25, 0.3) is 0 Å². The largest absolute Gasteiger partial charge is 0.374 e. The number of aromatic nitrogens is 2. The van der Waals surface area contributed by atoms with Crippen LogP contribution < -0.4 is 5.32 Å². The van der Waals surface area contributed by atoms with Gasteiger partial charge in [0.25, 0.3) is 0 Å². The minimum atomic E-state index is 0.0854. The Labute approximate surface area is 145 Å². The maximum Gasteiger partial charge on any atom is 0.220 e. The fourth-order valence-electron chi connectivity index (χ4n) is 3.32. The van der Waals surface area contributed by atoms with Gasteiger partial charge in [-0.1, -0.05) is 13.8 Å². The smallest absolute Gasteiger partial charge is 0.220 e. The minimum absolute atomic E-state index is 0.0854. The molecule has 1 fully saturated rings. The molecule has 0 bridgehead atoms. The Kier molecular flexibility index (Phi) is 6.80. The van der Waals surface area contributed by atoms with Crippen LogP contribution in [0.4, 0.5) is 0 Å². The molecule has 0 radical (unpaired) electrons. The molecule has 1 atom stereocenters. The summed E-state index contributed by atoms with van der Waals surface area (Å²) < 4.78 is 7.65. The van der Waals surface area contributed by atoms with Gasteiger partial charge in [-0.05, 0) is 31.7 Å². The van der Waals surface area contributed by atoms with Crippen LogP contribution in [0.2, 0.25) is 0 Å². The van der Waals surface area contributed by atoms with E-state index < -0.39 is 0 Å². The predicted octanol–water partition coefficient (Wildman–Crippen LogP) is 1.44. The maximum absolute atomic E-state index is 12.1. The Hall–Kier alpha value is -1.40. The SMILES string of the molecule is Cc1nn(C)c(C)c1CCC(=O)NCC1CN(CC(C)C)CCO1. The van der Waals surface area contributed by atoms with Crippen LogP contribution in [0.5, 0.6) is 0 Å². The first-order valence-electron chi connectivity index (χ1n) is 8.96. The summed E-state index contributed by atoms with van der Waals surface area (Å²) in [6.45, 7) is 12.8. The van der Waals surface area contributed by atoms with Crippen LogP contribution in [0.3, 0.4) is 0 Å². The molecule has 0 saturated carbocycles. The predicted molar refractivity (Wildman–Crippen MR) is 95.0 cm³/mol. The number of carbonyl (C=O) groups excluding carboxylic acids is 1. The van der Waals surface area contributed by atoms with Crippen molar-refractivity contribution in [2.45, 2.75) is 46.6 Å². The summed E-state index contributed by atoms with van der Waals surface area (Å²) in [4.78, 5) is 14.6. The summed E-state index contributed by atoms with van der Waals surface area (Å²) in [6, 6.07) is 0. The van der Waals surface area contributed by atoms with Gasteiger partial charge in [0.15, 0.2) is 0 Å². The first kappa shape index (κ1) is 18.9. The van der Waals surface area contributed by atoms with E-state index in [1.165, 1.54) is 5.56 Å². The van der Waals surface area contributed by atoms with Crippen LogP contribution in [0, 0.1) is 19.8 Å². The van der Waals surface area contributed by atoms with E-state index in [4.69, 9.17) is 4.74 Å². The van der Waals surface area contributed by atoms with Crippen LogP contribution >= 0.6 is 0 Å². The Morgan fingerprint density at radius 1 is 1.42 bits per heavy atom. The van der Waals surface area contributed by atoms with Crippen molar-refractivity contribution in [2.75, 3.05) is 32.8 Å². The first-order valence-corrected chi connectivity index (χ1v) is 8.96. The van der Waals surface area contributed by atoms with E-state index in [0.717, 1.165) is 44.0 Å². The molecular weight excluding hydrogens is 304 g/mol. The second-order valence-electron chi connectivity index (χ2n) is 7.22. The van der Waals surface area contributed by atoms with Gasteiger partial charge in [-0.15, -0.1) is 0 Å². The van der Waals surface area contributed by atoms with Crippen molar-refractivity contribution in [3.63, 3.8) is 0 Å². The molecule has 1 aliphatic rings. The zero-order chi connectivity index (χ0) is 17.7. The van der Waals surface area contributed by atoms with E-state index in [9.17, 15) is 4.79 Å². The van der Waals surface area contributed by atoms with Crippen LogP contribution in [0.15, 0.2) is 0 Å². The van der Waals surface area contributed by atoms with E-state index in [2.05, 4.69) is 29.2 Å².